The quantitative estimate of drug-likeness (QED) is 0.713. The molecule has 2 atom stereocenters. The zero-order valence-corrected chi connectivity index (χ0v) is 18.9. The highest BCUT2D eigenvalue weighted by Gasteiger charge is 2.51. The third-order valence-electron chi connectivity index (χ3n) is 8.48. The molecular weight excluding hydrogens is 370 g/mol. The maximum Gasteiger partial charge on any atom is 0.224 e. The SMILES string of the molecule is CC1(C)C2CC=C(CN3CCC(Nc4nccc(N5CCCCCC5)n4)CC3)C1C2. The molecule has 3 aliphatic carbocycles. The van der Waals surface area contributed by atoms with E-state index in [1.807, 2.05) is 6.20 Å². The third kappa shape index (κ3) is 4.10. The van der Waals surface area contributed by atoms with Crippen molar-refractivity contribution in [3.63, 3.8) is 0 Å². The minimum Gasteiger partial charge on any atom is -0.356 e. The molecule has 3 heterocycles. The molecule has 2 aliphatic heterocycles. The van der Waals surface area contributed by atoms with Crippen LogP contribution in [0.2, 0.25) is 0 Å². The highest BCUT2D eigenvalue weighted by Crippen LogP contribution is 2.59. The standard InChI is InChI=1S/C25H39N5/c1-25(2)20-8-7-19(22(25)17-20)18-29-15-10-21(11-16-29)27-24-26-12-9-23(28-24)30-13-5-3-4-6-14-30/h7,9,12,20-22H,3-6,8,10-11,13-18H2,1-2H3,(H,26,27,28). The maximum absolute atomic E-state index is 4.86. The molecule has 5 nitrogen and oxygen atoms in total. The first-order valence-corrected chi connectivity index (χ1v) is 12.4. The fraction of sp³-hybridized carbons (Fsp3) is 0.760. The number of rotatable bonds is 5. The van der Waals surface area contributed by atoms with E-state index in [0.717, 1.165) is 36.7 Å². The summed E-state index contributed by atoms with van der Waals surface area (Å²) < 4.78 is 0. The maximum atomic E-state index is 4.86. The Hall–Kier alpha value is -1.62. The van der Waals surface area contributed by atoms with Gasteiger partial charge in [-0.25, -0.2) is 4.98 Å². The minimum absolute atomic E-state index is 0.491. The second kappa shape index (κ2) is 8.49. The third-order valence-corrected chi connectivity index (χ3v) is 8.48. The van der Waals surface area contributed by atoms with Gasteiger partial charge in [0.1, 0.15) is 5.82 Å². The lowest BCUT2D eigenvalue weighted by Crippen LogP contribution is -2.50. The van der Waals surface area contributed by atoms with Crippen LogP contribution in [0.25, 0.3) is 0 Å². The lowest BCUT2D eigenvalue weighted by Gasteiger charge is -2.57. The summed E-state index contributed by atoms with van der Waals surface area (Å²) in [6.07, 6.45) is 14.8. The van der Waals surface area contributed by atoms with Gasteiger partial charge in [-0.05, 0) is 61.8 Å². The van der Waals surface area contributed by atoms with Gasteiger partial charge < -0.3 is 10.2 Å². The summed E-state index contributed by atoms with van der Waals surface area (Å²) in [6, 6.07) is 2.56. The van der Waals surface area contributed by atoms with Gasteiger partial charge in [-0.2, -0.15) is 4.98 Å². The summed E-state index contributed by atoms with van der Waals surface area (Å²) in [5.74, 6) is 3.68. The molecule has 5 aliphatic rings. The summed E-state index contributed by atoms with van der Waals surface area (Å²) in [5.41, 5.74) is 2.27. The van der Waals surface area contributed by atoms with Gasteiger partial charge in [0.05, 0.1) is 0 Å². The average Bonchev–Trinajstić information content (AvgIpc) is 3.05. The number of allylic oxidation sites excluding steroid dienone is 1. The zero-order chi connectivity index (χ0) is 20.6. The average molecular weight is 410 g/mol. The van der Waals surface area contributed by atoms with Crippen LogP contribution in [0.3, 0.4) is 0 Å². The normalized spacial score (nSPS) is 29.7. The Bertz CT molecular complexity index is 757. The highest BCUT2D eigenvalue weighted by atomic mass is 15.2. The molecule has 2 bridgehead atoms. The van der Waals surface area contributed by atoms with Crippen molar-refractivity contribution < 1.29 is 0 Å². The number of likely N-dealkylation sites (tertiary alicyclic amines) is 1. The molecule has 1 aromatic heterocycles. The Morgan fingerprint density at radius 3 is 2.53 bits per heavy atom. The van der Waals surface area contributed by atoms with Crippen LogP contribution in [0.15, 0.2) is 23.9 Å². The van der Waals surface area contributed by atoms with Crippen LogP contribution < -0.4 is 10.2 Å². The number of fused-ring (bicyclic) bond motifs is 1. The molecule has 2 unspecified atom stereocenters. The molecular formula is C25H39N5. The van der Waals surface area contributed by atoms with Crippen molar-refractivity contribution in [3.8, 4) is 0 Å². The van der Waals surface area contributed by atoms with E-state index in [2.05, 4.69) is 46.1 Å². The molecule has 1 saturated carbocycles. The van der Waals surface area contributed by atoms with Gasteiger partial charge in [0.25, 0.3) is 0 Å². The van der Waals surface area contributed by atoms with E-state index in [-0.39, 0.29) is 0 Å². The first kappa shape index (κ1) is 20.3. The predicted molar refractivity (Wildman–Crippen MR) is 124 cm³/mol. The van der Waals surface area contributed by atoms with E-state index < -0.39 is 0 Å². The van der Waals surface area contributed by atoms with Crippen molar-refractivity contribution >= 4 is 11.8 Å². The minimum atomic E-state index is 0.491. The molecule has 30 heavy (non-hydrogen) atoms. The molecule has 1 N–H and O–H groups in total. The lowest BCUT2D eigenvalue weighted by molar-refractivity contribution is -0.0112. The largest absolute Gasteiger partial charge is 0.356 e. The number of aromatic nitrogens is 2. The molecule has 0 amide bonds. The second-order valence-corrected chi connectivity index (χ2v) is 10.7. The molecule has 5 heteroatoms. The highest BCUT2D eigenvalue weighted by molar-refractivity contribution is 5.43. The Morgan fingerprint density at radius 2 is 1.83 bits per heavy atom. The number of hydrogen-bond donors (Lipinski definition) is 1. The van der Waals surface area contributed by atoms with Gasteiger partial charge in [-0.15, -0.1) is 0 Å². The summed E-state index contributed by atoms with van der Waals surface area (Å²) in [4.78, 5) is 14.5. The van der Waals surface area contributed by atoms with Crippen LogP contribution in [0, 0.1) is 17.3 Å². The molecule has 0 spiro atoms. The topological polar surface area (TPSA) is 44.3 Å². The Kier molecular flexibility index (Phi) is 5.74. The van der Waals surface area contributed by atoms with Crippen molar-refractivity contribution in [2.75, 3.05) is 42.9 Å². The summed E-state index contributed by atoms with van der Waals surface area (Å²) in [5, 5.41) is 3.64. The number of piperidine rings is 1. The van der Waals surface area contributed by atoms with Gasteiger partial charge in [-0.1, -0.05) is 38.3 Å². The van der Waals surface area contributed by atoms with Crippen molar-refractivity contribution in [1.29, 1.82) is 0 Å². The van der Waals surface area contributed by atoms with E-state index in [4.69, 9.17) is 4.98 Å². The second-order valence-electron chi connectivity index (χ2n) is 10.7. The first-order chi connectivity index (χ1) is 14.6. The number of anilines is 2. The van der Waals surface area contributed by atoms with Gasteiger partial charge >= 0.3 is 0 Å². The smallest absolute Gasteiger partial charge is 0.224 e. The number of nitrogens with zero attached hydrogens (tertiary/aromatic N) is 4. The van der Waals surface area contributed by atoms with Crippen molar-refractivity contribution in [2.24, 2.45) is 17.3 Å². The molecule has 0 radical (unpaired) electrons. The first-order valence-electron chi connectivity index (χ1n) is 12.4. The van der Waals surface area contributed by atoms with Gasteiger partial charge in [0.15, 0.2) is 0 Å². The van der Waals surface area contributed by atoms with E-state index in [1.165, 1.54) is 71.0 Å². The van der Waals surface area contributed by atoms with Crippen LogP contribution in [0.5, 0.6) is 0 Å². The Morgan fingerprint density at radius 1 is 1.07 bits per heavy atom. The summed E-state index contributed by atoms with van der Waals surface area (Å²) in [6.45, 7) is 10.8. The van der Waals surface area contributed by atoms with Crippen molar-refractivity contribution in [3.05, 3.63) is 23.9 Å². The molecule has 2 saturated heterocycles. The summed E-state index contributed by atoms with van der Waals surface area (Å²) >= 11 is 0. The number of hydrogen-bond acceptors (Lipinski definition) is 5. The fourth-order valence-corrected chi connectivity index (χ4v) is 6.23. The van der Waals surface area contributed by atoms with Crippen molar-refractivity contribution in [2.45, 2.75) is 71.3 Å². The Balaban J connectivity index is 1.12. The van der Waals surface area contributed by atoms with Crippen LogP contribution in [0.4, 0.5) is 11.8 Å². The van der Waals surface area contributed by atoms with Gasteiger partial charge in [0.2, 0.25) is 5.95 Å². The van der Waals surface area contributed by atoms with Crippen LogP contribution >= 0.6 is 0 Å². The van der Waals surface area contributed by atoms with E-state index >= 15 is 0 Å². The zero-order valence-electron chi connectivity index (χ0n) is 18.9. The molecule has 3 fully saturated rings. The molecule has 6 rings (SSSR count). The van der Waals surface area contributed by atoms with Gasteiger partial charge in [-0.3, -0.25) is 4.90 Å². The van der Waals surface area contributed by atoms with Crippen molar-refractivity contribution in [1.82, 2.24) is 14.9 Å². The van der Waals surface area contributed by atoms with E-state index in [0.29, 0.717) is 11.5 Å². The summed E-state index contributed by atoms with van der Waals surface area (Å²) in [7, 11) is 0. The van der Waals surface area contributed by atoms with E-state index in [9.17, 15) is 0 Å². The molecule has 1 aromatic rings. The fourth-order valence-electron chi connectivity index (χ4n) is 6.23. The molecule has 164 valence electrons. The van der Waals surface area contributed by atoms with Crippen LogP contribution in [0.1, 0.15) is 65.2 Å². The predicted octanol–water partition coefficient (Wildman–Crippen LogP) is 4.73. The Labute approximate surface area is 182 Å². The van der Waals surface area contributed by atoms with E-state index in [1.54, 1.807) is 5.57 Å². The van der Waals surface area contributed by atoms with Gasteiger partial charge in [0, 0.05) is 45.0 Å². The van der Waals surface area contributed by atoms with Crippen LogP contribution in [-0.4, -0.2) is 53.6 Å². The van der Waals surface area contributed by atoms with Crippen LogP contribution in [-0.2, 0) is 0 Å². The number of nitrogens with one attached hydrogen (secondary N) is 1. The monoisotopic (exact) mass is 409 g/mol. The molecule has 0 aromatic carbocycles. The lowest BCUT2D eigenvalue weighted by atomic mass is 9.49.